The summed E-state index contributed by atoms with van der Waals surface area (Å²) >= 11 is 1.24. The maximum Gasteiger partial charge on any atom is 0.355 e. The molecule has 0 atom stereocenters. The van der Waals surface area contributed by atoms with Crippen LogP contribution in [0.2, 0.25) is 0 Å². The van der Waals surface area contributed by atoms with Crippen molar-refractivity contribution < 1.29 is 19.5 Å². The zero-order valence-corrected chi connectivity index (χ0v) is 11.4. The molecule has 0 bridgehead atoms. The van der Waals surface area contributed by atoms with Crippen LogP contribution in [0.5, 0.6) is 0 Å². The molecule has 108 valence electrons. The van der Waals surface area contributed by atoms with E-state index in [0.717, 1.165) is 0 Å². The van der Waals surface area contributed by atoms with Gasteiger partial charge in [0.1, 0.15) is 6.54 Å². The number of carboxylic acids is 1. The number of carbonyl (C=O) groups excluding carboxylic acids is 2. The lowest BCUT2D eigenvalue weighted by Crippen LogP contribution is -2.53. The van der Waals surface area contributed by atoms with Gasteiger partial charge in [-0.1, -0.05) is 0 Å². The summed E-state index contributed by atoms with van der Waals surface area (Å²) in [5.74, 6) is -1.23. The van der Waals surface area contributed by atoms with Crippen LogP contribution in [0, 0.1) is 0 Å². The first-order chi connectivity index (χ1) is 9.56. The molecule has 1 aromatic heterocycles. The largest absolute Gasteiger partial charge is 0.476 e. The maximum atomic E-state index is 11.8. The van der Waals surface area contributed by atoms with Crippen LogP contribution in [0.4, 0.5) is 4.79 Å². The van der Waals surface area contributed by atoms with Gasteiger partial charge < -0.3 is 20.6 Å². The van der Waals surface area contributed by atoms with E-state index in [0.29, 0.717) is 31.1 Å². The van der Waals surface area contributed by atoms with Crippen LogP contribution in [0.1, 0.15) is 15.5 Å². The molecular weight excluding hydrogens is 284 g/mol. The first kappa shape index (κ1) is 14.3. The van der Waals surface area contributed by atoms with Gasteiger partial charge in [0.15, 0.2) is 5.69 Å². The zero-order chi connectivity index (χ0) is 14.5. The van der Waals surface area contributed by atoms with Gasteiger partial charge in [0.25, 0.3) is 0 Å². The Bertz CT molecular complexity index is 530. The molecule has 2 rings (SSSR count). The molecule has 0 spiro atoms. The van der Waals surface area contributed by atoms with E-state index in [9.17, 15) is 14.4 Å². The molecule has 1 aromatic rings. The van der Waals surface area contributed by atoms with Crippen molar-refractivity contribution in [3.05, 3.63) is 16.1 Å². The molecule has 0 aliphatic carbocycles. The van der Waals surface area contributed by atoms with Gasteiger partial charge in [-0.25, -0.2) is 14.6 Å². The second kappa shape index (κ2) is 6.33. The fourth-order valence-corrected chi connectivity index (χ4v) is 2.50. The number of nitrogens with one attached hydrogen (secondary N) is 2. The third-order valence-electron chi connectivity index (χ3n) is 2.71. The van der Waals surface area contributed by atoms with Crippen LogP contribution in [0.15, 0.2) is 5.38 Å². The van der Waals surface area contributed by atoms with Crippen molar-refractivity contribution in [1.29, 1.82) is 0 Å². The van der Waals surface area contributed by atoms with Crippen LogP contribution < -0.4 is 10.6 Å². The Kier molecular flexibility index (Phi) is 4.51. The summed E-state index contributed by atoms with van der Waals surface area (Å²) in [6.07, 6.45) is 0.462. The second-order valence-corrected chi connectivity index (χ2v) is 5.13. The summed E-state index contributed by atoms with van der Waals surface area (Å²) in [5.41, 5.74) is 0.0176. The second-order valence-electron chi connectivity index (χ2n) is 4.19. The average Bonchev–Trinajstić information content (AvgIpc) is 2.87. The molecule has 0 aromatic carbocycles. The SMILES string of the molecule is O=C1CN(C(=O)NCCc2nc(C(=O)O)cs2)CCN1. The predicted molar refractivity (Wildman–Crippen MR) is 70.8 cm³/mol. The number of piperazine rings is 1. The number of urea groups is 1. The third-order valence-corrected chi connectivity index (χ3v) is 3.62. The Morgan fingerprint density at radius 2 is 2.35 bits per heavy atom. The standard InChI is InChI=1S/C11H14N4O4S/c16-8-5-15(4-3-12-8)11(19)13-2-1-9-14-7(6-20-9)10(17)18/h6H,1-5H2,(H,12,16)(H,13,19)(H,17,18). The summed E-state index contributed by atoms with van der Waals surface area (Å²) in [4.78, 5) is 38.9. The predicted octanol–water partition coefficient (Wildman–Crippen LogP) is -0.475. The number of aromatic nitrogens is 1. The number of thiazole rings is 1. The van der Waals surface area contributed by atoms with Crippen molar-refractivity contribution in [2.24, 2.45) is 0 Å². The number of hydrogen-bond acceptors (Lipinski definition) is 5. The molecule has 8 nitrogen and oxygen atoms in total. The minimum atomic E-state index is -1.06. The van der Waals surface area contributed by atoms with Crippen LogP contribution in [-0.4, -0.2) is 59.1 Å². The van der Waals surface area contributed by atoms with Crippen molar-refractivity contribution in [2.75, 3.05) is 26.2 Å². The van der Waals surface area contributed by atoms with E-state index in [1.165, 1.54) is 21.6 Å². The fourth-order valence-electron chi connectivity index (χ4n) is 1.72. The summed E-state index contributed by atoms with van der Waals surface area (Å²) in [6.45, 7) is 1.36. The molecule has 20 heavy (non-hydrogen) atoms. The van der Waals surface area contributed by atoms with E-state index in [1.807, 2.05) is 0 Å². The highest BCUT2D eigenvalue weighted by Crippen LogP contribution is 2.09. The summed E-state index contributed by atoms with van der Waals surface area (Å²) < 4.78 is 0. The van der Waals surface area contributed by atoms with Crippen LogP contribution in [0.25, 0.3) is 0 Å². The number of hydrogen-bond donors (Lipinski definition) is 3. The Labute approximate surface area is 118 Å². The molecular formula is C11H14N4O4S. The minimum absolute atomic E-state index is 0.0176. The number of aromatic carboxylic acids is 1. The number of carbonyl (C=O) groups is 3. The number of carboxylic acid groups (broad SMARTS) is 1. The smallest absolute Gasteiger partial charge is 0.355 e. The van der Waals surface area contributed by atoms with E-state index in [2.05, 4.69) is 15.6 Å². The van der Waals surface area contributed by atoms with Gasteiger partial charge in [0.05, 0.1) is 5.01 Å². The molecule has 1 fully saturated rings. The lowest BCUT2D eigenvalue weighted by atomic mass is 10.3. The van der Waals surface area contributed by atoms with Gasteiger partial charge in [-0.2, -0.15) is 0 Å². The first-order valence-electron chi connectivity index (χ1n) is 6.03. The highest BCUT2D eigenvalue weighted by atomic mass is 32.1. The van der Waals surface area contributed by atoms with E-state index in [1.54, 1.807) is 0 Å². The molecule has 1 aliphatic heterocycles. The number of nitrogens with zero attached hydrogens (tertiary/aromatic N) is 2. The molecule has 9 heteroatoms. The Morgan fingerprint density at radius 1 is 1.55 bits per heavy atom. The van der Waals surface area contributed by atoms with Gasteiger partial charge in [0.2, 0.25) is 5.91 Å². The maximum absolute atomic E-state index is 11.8. The molecule has 1 saturated heterocycles. The highest BCUT2D eigenvalue weighted by Gasteiger charge is 2.20. The first-order valence-corrected chi connectivity index (χ1v) is 6.91. The van der Waals surface area contributed by atoms with Gasteiger partial charge >= 0.3 is 12.0 Å². The van der Waals surface area contributed by atoms with Crippen molar-refractivity contribution in [1.82, 2.24) is 20.5 Å². The molecule has 2 heterocycles. The molecule has 0 unspecified atom stereocenters. The van der Waals surface area contributed by atoms with Crippen molar-refractivity contribution in [3.8, 4) is 0 Å². The summed E-state index contributed by atoms with van der Waals surface area (Å²) in [6, 6.07) is -0.296. The lowest BCUT2D eigenvalue weighted by Gasteiger charge is -2.26. The van der Waals surface area contributed by atoms with Gasteiger partial charge in [-0.05, 0) is 0 Å². The van der Waals surface area contributed by atoms with Crippen LogP contribution >= 0.6 is 11.3 Å². The Hall–Kier alpha value is -2.16. The third kappa shape index (κ3) is 3.67. The van der Waals surface area contributed by atoms with E-state index >= 15 is 0 Å². The molecule has 0 saturated carbocycles. The van der Waals surface area contributed by atoms with Gasteiger partial charge in [-0.15, -0.1) is 11.3 Å². The summed E-state index contributed by atoms with van der Waals surface area (Å²) in [7, 11) is 0. The van der Waals surface area contributed by atoms with Gasteiger partial charge in [-0.3, -0.25) is 4.79 Å². The normalized spacial score (nSPS) is 14.8. The minimum Gasteiger partial charge on any atom is -0.476 e. The zero-order valence-electron chi connectivity index (χ0n) is 10.6. The fraction of sp³-hybridized carbons (Fsp3) is 0.455. The van der Waals surface area contributed by atoms with Gasteiger partial charge in [0, 0.05) is 31.4 Å². The Balaban J connectivity index is 1.75. The number of rotatable bonds is 4. The van der Waals surface area contributed by atoms with Crippen LogP contribution in [-0.2, 0) is 11.2 Å². The molecule has 3 N–H and O–H groups in total. The van der Waals surface area contributed by atoms with Crippen LogP contribution in [0.3, 0.4) is 0 Å². The van der Waals surface area contributed by atoms with Crippen molar-refractivity contribution in [3.63, 3.8) is 0 Å². The average molecular weight is 298 g/mol. The molecule has 3 amide bonds. The van der Waals surface area contributed by atoms with Crippen molar-refractivity contribution >= 4 is 29.2 Å². The van der Waals surface area contributed by atoms with Crippen molar-refractivity contribution in [2.45, 2.75) is 6.42 Å². The van der Waals surface area contributed by atoms with E-state index in [4.69, 9.17) is 5.11 Å². The molecule has 0 radical (unpaired) electrons. The Morgan fingerprint density at radius 3 is 3.00 bits per heavy atom. The quantitative estimate of drug-likeness (QED) is 0.695. The highest BCUT2D eigenvalue weighted by molar-refractivity contribution is 7.09. The lowest BCUT2D eigenvalue weighted by molar-refractivity contribution is -0.123. The monoisotopic (exact) mass is 298 g/mol. The van der Waals surface area contributed by atoms with E-state index < -0.39 is 5.97 Å². The van der Waals surface area contributed by atoms with E-state index in [-0.39, 0.29) is 24.2 Å². The number of amides is 3. The molecule has 1 aliphatic rings. The topological polar surface area (TPSA) is 112 Å². The summed E-state index contributed by atoms with van der Waals surface area (Å²) in [5, 5.41) is 16.2.